The minimum atomic E-state index is 0.560. The van der Waals surface area contributed by atoms with Crippen molar-refractivity contribution in [2.24, 2.45) is 0 Å². The molecule has 0 bridgehead atoms. The zero-order valence-corrected chi connectivity index (χ0v) is 13.8. The molecule has 3 nitrogen and oxygen atoms in total. The fourth-order valence-corrected chi connectivity index (χ4v) is 2.37. The Hall–Kier alpha value is -1.23. The molecule has 0 atom stereocenters. The Labute approximate surface area is 135 Å². The SMILES string of the molecule is CCCNCc1nc(Oc2ccc(SC)cc2)ccc1Cl. The molecule has 0 saturated carbocycles. The number of rotatable bonds is 7. The number of hydrogen-bond donors (Lipinski definition) is 1. The maximum atomic E-state index is 6.16. The van der Waals surface area contributed by atoms with E-state index in [0.717, 1.165) is 24.4 Å². The standard InChI is InChI=1S/C16H19ClN2OS/c1-3-10-18-11-15-14(17)8-9-16(19-15)20-12-4-6-13(21-2)7-5-12/h4-9,18H,3,10-11H2,1-2H3. The van der Waals surface area contributed by atoms with Gasteiger partial charge in [-0.25, -0.2) is 4.98 Å². The molecule has 0 aliphatic rings. The largest absolute Gasteiger partial charge is 0.439 e. The van der Waals surface area contributed by atoms with E-state index >= 15 is 0 Å². The number of hydrogen-bond acceptors (Lipinski definition) is 4. The van der Waals surface area contributed by atoms with Crippen molar-refractivity contribution >= 4 is 23.4 Å². The van der Waals surface area contributed by atoms with Crippen molar-refractivity contribution in [3.63, 3.8) is 0 Å². The normalized spacial score (nSPS) is 10.6. The van der Waals surface area contributed by atoms with Crippen LogP contribution in [0.2, 0.25) is 5.02 Å². The third kappa shape index (κ3) is 4.92. The second kappa shape index (κ2) is 8.27. The summed E-state index contributed by atoms with van der Waals surface area (Å²) in [5.74, 6) is 1.33. The number of pyridine rings is 1. The quantitative estimate of drug-likeness (QED) is 0.589. The Bertz CT molecular complexity index is 575. The lowest BCUT2D eigenvalue weighted by Gasteiger charge is -2.09. The molecule has 0 aliphatic heterocycles. The van der Waals surface area contributed by atoms with Gasteiger partial charge in [-0.1, -0.05) is 18.5 Å². The van der Waals surface area contributed by atoms with Crippen molar-refractivity contribution in [2.45, 2.75) is 24.8 Å². The van der Waals surface area contributed by atoms with Gasteiger partial charge in [0.1, 0.15) is 5.75 Å². The average molecular weight is 323 g/mol. The van der Waals surface area contributed by atoms with Crippen LogP contribution in [0.25, 0.3) is 0 Å². The van der Waals surface area contributed by atoms with Crippen LogP contribution in [0.15, 0.2) is 41.3 Å². The molecule has 0 radical (unpaired) electrons. The third-order valence-electron chi connectivity index (χ3n) is 2.89. The van der Waals surface area contributed by atoms with Crippen LogP contribution < -0.4 is 10.1 Å². The minimum absolute atomic E-state index is 0.560. The van der Waals surface area contributed by atoms with E-state index in [-0.39, 0.29) is 0 Å². The minimum Gasteiger partial charge on any atom is -0.439 e. The van der Waals surface area contributed by atoms with E-state index in [2.05, 4.69) is 17.2 Å². The van der Waals surface area contributed by atoms with Crippen LogP contribution in [0.1, 0.15) is 19.0 Å². The molecule has 1 aromatic carbocycles. The summed E-state index contributed by atoms with van der Waals surface area (Å²) in [6.07, 6.45) is 3.13. The Morgan fingerprint density at radius 1 is 1.19 bits per heavy atom. The van der Waals surface area contributed by atoms with Crippen molar-refractivity contribution in [1.29, 1.82) is 0 Å². The molecule has 0 unspecified atom stereocenters. The molecular formula is C16H19ClN2OS. The summed E-state index contributed by atoms with van der Waals surface area (Å²) >= 11 is 7.86. The molecule has 5 heteroatoms. The summed E-state index contributed by atoms with van der Waals surface area (Å²) in [7, 11) is 0. The van der Waals surface area contributed by atoms with Gasteiger partial charge in [0, 0.05) is 17.5 Å². The predicted molar refractivity (Wildman–Crippen MR) is 89.5 cm³/mol. The van der Waals surface area contributed by atoms with Crippen LogP contribution >= 0.6 is 23.4 Å². The van der Waals surface area contributed by atoms with Gasteiger partial charge < -0.3 is 10.1 Å². The van der Waals surface area contributed by atoms with Crippen molar-refractivity contribution in [1.82, 2.24) is 10.3 Å². The summed E-state index contributed by atoms with van der Waals surface area (Å²) in [5.41, 5.74) is 0.809. The van der Waals surface area contributed by atoms with Gasteiger partial charge in [0.15, 0.2) is 0 Å². The number of nitrogens with zero attached hydrogens (tertiary/aromatic N) is 1. The fourth-order valence-electron chi connectivity index (χ4n) is 1.79. The van der Waals surface area contributed by atoms with Gasteiger partial charge in [0.2, 0.25) is 5.88 Å². The highest BCUT2D eigenvalue weighted by Gasteiger charge is 2.05. The van der Waals surface area contributed by atoms with E-state index in [1.54, 1.807) is 17.8 Å². The molecule has 0 amide bonds. The predicted octanol–water partition coefficient (Wildman–Crippen LogP) is 4.75. The lowest BCUT2D eigenvalue weighted by Crippen LogP contribution is -2.15. The number of nitrogens with one attached hydrogen (secondary N) is 1. The fraction of sp³-hybridized carbons (Fsp3) is 0.312. The Morgan fingerprint density at radius 2 is 1.95 bits per heavy atom. The summed E-state index contributed by atoms with van der Waals surface area (Å²) in [4.78, 5) is 5.66. The first kappa shape index (κ1) is 16.1. The van der Waals surface area contributed by atoms with E-state index in [0.29, 0.717) is 17.4 Å². The zero-order chi connectivity index (χ0) is 15.1. The highest BCUT2D eigenvalue weighted by atomic mass is 35.5. The highest BCUT2D eigenvalue weighted by molar-refractivity contribution is 7.98. The first-order valence-electron chi connectivity index (χ1n) is 6.91. The van der Waals surface area contributed by atoms with Gasteiger partial charge in [-0.3, -0.25) is 0 Å². The second-order valence-corrected chi connectivity index (χ2v) is 5.82. The summed E-state index contributed by atoms with van der Waals surface area (Å²) in [6, 6.07) is 11.5. The van der Waals surface area contributed by atoms with E-state index in [1.165, 1.54) is 4.90 Å². The molecular weight excluding hydrogens is 304 g/mol. The monoisotopic (exact) mass is 322 g/mol. The second-order valence-electron chi connectivity index (χ2n) is 4.53. The topological polar surface area (TPSA) is 34.2 Å². The van der Waals surface area contributed by atoms with Gasteiger partial charge in [0.05, 0.1) is 10.7 Å². The summed E-state index contributed by atoms with van der Waals surface area (Å²) < 4.78 is 5.77. The molecule has 112 valence electrons. The third-order valence-corrected chi connectivity index (χ3v) is 3.98. The Balaban J connectivity index is 2.06. The number of halogens is 1. The zero-order valence-electron chi connectivity index (χ0n) is 12.2. The summed E-state index contributed by atoms with van der Waals surface area (Å²) in [6.45, 7) is 3.72. The van der Waals surface area contributed by atoms with E-state index in [1.807, 2.05) is 36.6 Å². The molecule has 0 aliphatic carbocycles. The first-order chi connectivity index (χ1) is 10.2. The highest BCUT2D eigenvalue weighted by Crippen LogP contribution is 2.25. The van der Waals surface area contributed by atoms with Crippen molar-refractivity contribution < 1.29 is 4.74 Å². The van der Waals surface area contributed by atoms with Crippen molar-refractivity contribution in [2.75, 3.05) is 12.8 Å². The number of ether oxygens (including phenoxy) is 1. The smallest absolute Gasteiger partial charge is 0.219 e. The van der Waals surface area contributed by atoms with E-state index < -0.39 is 0 Å². The van der Waals surface area contributed by atoms with Crippen LogP contribution in [0.3, 0.4) is 0 Å². The van der Waals surface area contributed by atoms with Gasteiger partial charge >= 0.3 is 0 Å². The van der Waals surface area contributed by atoms with Crippen LogP contribution in [-0.2, 0) is 6.54 Å². The van der Waals surface area contributed by atoms with Gasteiger partial charge in [-0.15, -0.1) is 11.8 Å². The van der Waals surface area contributed by atoms with Crippen LogP contribution in [0.4, 0.5) is 0 Å². The molecule has 21 heavy (non-hydrogen) atoms. The molecule has 0 spiro atoms. The van der Waals surface area contributed by atoms with E-state index in [9.17, 15) is 0 Å². The Morgan fingerprint density at radius 3 is 2.62 bits per heavy atom. The number of thioether (sulfide) groups is 1. The molecule has 1 N–H and O–H groups in total. The maximum absolute atomic E-state index is 6.16. The lowest BCUT2D eigenvalue weighted by molar-refractivity contribution is 0.459. The van der Waals surface area contributed by atoms with Crippen LogP contribution in [-0.4, -0.2) is 17.8 Å². The molecule has 2 rings (SSSR count). The molecule has 1 heterocycles. The van der Waals surface area contributed by atoms with Crippen molar-refractivity contribution in [3.8, 4) is 11.6 Å². The van der Waals surface area contributed by atoms with Gasteiger partial charge in [-0.2, -0.15) is 0 Å². The number of benzene rings is 1. The van der Waals surface area contributed by atoms with Crippen molar-refractivity contribution in [3.05, 3.63) is 47.1 Å². The maximum Gasteiger partial charge on any atom is 0.219 e. The number of aromatic nitrogens is 1. The molecule has 0 saturated heterocycles. The van der Waals surface area contributed by atoms with Crippen LogP contribution in [0.5, 0.6) is 11.6 Å². The Kier molecular flexibility index (Phi) is 6.36. The average Bonchev–Trinajstić information content (AvgIpc) is 2.51. The van der Waals surface area contributed by atoms with Crippen LogP contribution in [0, 0.1) is 0 Å². The molecule has 2 aromatic rings. The summed E-state index contributed by atoms with van der Waals surface area (Å²) in [5, 5.41) is 3.95. The van der Waals surface area contributed by atoms with E-state index in [4.69, 9.17) is 16.3 Å². The molecule has 1 aromatic heterocycles. The first-order valence-corrected chi connectivity index (χ1v) is 8.51. The lowest BCUT2D eigenvalue weighted by atomic mass is 10.3. The van der Waals surface area contributed by atoms with Gasteiger partial charge in [0.25, 0.3) is 0 Å². The molecule has 0 fully saturated rings. The van der Waals surface area contributed by atoms with Gasteiger partial charge in [-0.05, 0) is 49.6 Å².